The fraction of sp³-hybridized carbons (Fsp3) is 0.385. The van der Waals surface area contributed by atoms with Crippen LogP contribution in [0.4, 0.5) is 11.6 Å². The highest BCUT2D eigenvalue weighted by molar-refractivity contribution is 5.57. The highest BCUT2D eigenvalue weighted by Crippen LogP contribution is 2.22. The van der Waals surface area contributed by atoms with E-state index in [2.05, 4.69) is 19.9 Å². The smallest absolute Gasteiger partial charge is 0.230 e. The van der Waals surface area contributed by atoms with Crippen LogP contribution < -0.4 is 4.90 Å². The largest absolute Gasteiger partial charge is 0.311 e. The molecule has 18 heavy (non-hydrogen) atoms. The summed E-state index contributed by atoms with van der Waals surface area (Å²) in [5, 5.41) is 0. The van der Waals surface area contributed by atoms with E-state index < -0.39 is 0 Å². The average Bonchev–Trinajstić information content (AvgIpc) is 2.26. The molecule has 0 radical (unpaired) electrons. The van der Waals surface area contributed by atoms with Gasteiger partial charge in [-0.05, 0) is 33.8 Å². The van der Waals surface area contributed by atoms with Crippen LogP contribution in [0.3, 0.4) is 0 Å². The van der Waals surface area contributed by atoms with Gasteiger partial charge < -0.3 is 4.90 Å². The van der Waals surface area contributed by atoms with Crippen molar-refractivity contribution in [2.75, 3.05) is 11.9 Å². The van der Waals surface area contributed by atoms with E-state index in [0.717, 1.165) is 28.6 Å². The van der Waals surface area contributed by atoms with Crippen LogP contribution in [-0.4, -0.2) is 27.0 Å². The van der Waals surface area contributed by atoms with Gasteiger partial charge in [0.1, 0.15) is 5.82 Å². The lowest BCUT2D eigenvalue weighted by Gasteiger charge is -2.19. The Morgan fingerprint density at radius 1 is 0.944 bits per heavy atom. The van der Waals surface area contributed by atoms with Crippen LogP contribution >= 0.6 is 0 Å². The number of rotatable bonds is 2. The highest BCUT2D eigenvalue weighted by Gasteiger charge is 2.12. The zero-order chi connectivity index (χ0) is 13.3. The molecule has 0 amide bonds. The highest BCUT2D eigenvalue weighted by atomic mass is 15.2. The lowest BCUT2D eigenvalue weighted by atomic mass is 10.3. The molecule has 94 valence electrons. The van der Waals surface area contributed by atoms with Gasteiger partial charge in [-0.15, -0.1) is 0 Å². The topological polar surface area (TPSA) is 54.8 Å². The van der Waals surface area contributed by atoms with Crippen LogP contribution in [0.2, 0.25) is 0 Å². The summed E-state index contributed by atoms with van der Waals surface area (Å²) in [5.41, 5.74) is 3.75. The standard InChI is InChI=1S/C13H17N5/c1-8-6-9(2)16-13(15-8)18(5)12-7-14-11(4)17-10(12)3/h6-7H,1-5H3. The van der Waals surface area contributed by atoms with Gasteiger partial charge >= 0.3 is 0 Å². The lowest BCUT2D eigenvalue weighted by molar-refractivity contribution is 0.946. The Bertz CT molecular complexity index is 559. The van der Waals surface area contributed by atoms with Gasteiger partial charge in [0.25, 0.3) is 0 Å². The Balaban J connectivity index is 2.44. The molecular formula is C13H17N5. The Morgan fingerprint density at radius 3 is 2.11 bits per heavy atom. The zero-order valence-corrected chi connectivity index (χ0v) is 11.4. The Hall–Kier alpha value is -2.04. The first kappa shape index (κ1) is 12.4. The molecule has 2 aromatic rings. The fourth-order valence-electron chi connectivity index (χ4n) is 1.87. The van der Waals surface area contributed by atoms with E-state index >= 15 is 0 Å². The third-order valence-electron chi connectivity index (χ3n) is 2.71. The van der Waals surface area contributed by atoms with Crippen molar-refractivity contribution in [3.63, 3.8) is 0 Å². The van der Waals surface area contributed by atoms with Gasteiger partial charge in [0.05, 0.1) is 17.6 Å². The molecule has 2 heterocycles. The molecule has 5 heteroatoms. The van der Waals surface area contributed by atoms with Gasteiger partial charge in [0, 0.05) is 18.4 Å². The van der Waals surface area contributed by atoms with Gasteiger partial charge in [-0.1, -0.05) is 0 Å². The minimum absolute atomic E-state index is 0.669. The third kappa shape index (κ3) is 2.45. The molecule has 0 unspecified atom stereocenters. The summed E-state index contributed by atoms with van der Waals surface area (Å²) in [4.78, 5) is 19.4. The van der Waals surface area contributed by atoms with Crippen LogP contribution in [0.25, 0.3) is 0 Å². The number of aromatic nitrogens is 4. The molecule has 0 aromatic carbocycles. The third-order valence-corrected chi connectivity index (χ3v) is 2.71. The summed E-state index contributed by atoms with van der Waals surface area (Å²) in [7, 11) is 1.93. The molecule has 0 saturated carbocycles. The molecule has 0 saturated heterocycles. The molecule has 0 N–H and O–H groups in total. The van der Waals surface area contributed by atoms with E-state index in [1.165, 1.54) is 0 Å². The molecule has 2 aromatic heterocycles. The normalized spacial score (nSPS) is 10.5. The monoisotopic (exact) mass is 243 g/mol. The molecular weight excluding hydrogens is 226 g/mol. The minimum atomic E-state index is 0.669. The van der Waals surface area contributed by atoms with Crippen molar-refractivity contribution in [2.45, 2.75) is 27.7 Å². The Kier molecular flexibility index (Phi) is 3.23. The molecule has 0 spiro atoms. The van der Waals surface area contributed by atoms with Gasteiger partial charge in [0.15, 0.2) is 0 Å². The summed E-state index contributed by atoms with van der Waals surface area (Å²) in [5.74, 6) is 1.44. The van der Waals surface area contributed by atoms with Crippen LogP contribution in [0.1, 0.15) is 22.9 Å². The molecule has 0 fully saturated rings. The molecule has 0 aliphatic rings. The molecule has 2 rings (SSSR count). The van der Waals surface area contributed by atoms with Gasteiger partial charge in [-0.3, -0.25) is 0 Å². The van der Waals surface area contributed by atoms with E-state index in [0.29, 0.717) is 5.95 Å². The predicted molar refractivity (Wildman–Crippen MR) is 71.1 cm³/mol. The van der Waals surface area contributed by atoms with Crippen molar-refractivity contribution in [1.82, 2.24) is 19.9 Å². The van der Waals surface area contributed by atoms with Crippen LogP contribution in [-0.2, 0) is 0 Å². The second-order valence-electron chi connectivity index (χ2n) is 4.40. The first-order chi connectivity index (χ1) is 8.47. The summed E-state index contributed by atoms with van der Waals surface area (Å²) < 4.78 is 0. The van der Waals surface area contributed by atoms with E-state index in [-0.39, 0.29) is 0 Å². The summed E-state index contributed by atoms with van der Waals surface area (Å²) in [6.07, 6.45) is 1.80. The van der Waals surface area contributed by atoms with Crippen molar-refractivity contribution in [3.05, 3.63) is 35.2 Å². The zero-order valence-electron chi connectivity index (χ0n) is 11.4. The Labute approximate surface area is 107 Å². The fourth-order valence-corrected chi connectivity index (χ4v) is 1.87. The van der Waals surface area contributed by atoms with Crippen molar-refractivity contribution in [2.24, 2.45) is 0 Å². The number of nitrogens with zero attached hydrogens (tertiary/aromatic N) is 5. The van der Waals surface area contributed by atoms with E-state index in [4.69, 9.17) is 0 Å². The maximum absolute atomic E-state index is 4.43. The first-order valence-electron chi connectivity index (χ1n) is 5.83. The number of hydrogen-bond donors (Lipinski definition) is 0. The molecule has 5 nitrogen and oxygen atoms in total. The SMILES string of the molecule is Cc1cc(C)nc(N(C)c2cnc(C)nc2C)n1. The molecule has 0 aliphatic carbocycles. The summed E-state index contributed by atoms with van der Waals surface area (Å²) >= 11 is 0. The van der Waals surface area contributed by atoms with Crippen molar-refractivity contribution in [3.8, 4) is 0 Å². The quantitative estimate of drug-likeness (QED) is 0.809. The van der Waals surface area contributed by atoms with Crippen molar-refractivity contribution in [1.29, 1.82) is 0 Å². The Morgan fingerprint density at radius 2 is 1.56 bits per heavy atom. The second kappa shape index (κ2) is 4.68. The average molecular weight is 243 g/mol. The lowest BCUT2D eigenvalue weighted by Crippen LogP contribution is -2.16. The maximum atomic E-state index is 4.43. The van der Waals surface area contributed by atoms with E-state index in [9.17, 15) is 0 Å². The van der Waals surface area contributed by atoms with E-state index in [1.807, 2.05) is 45.7 Å². The van der Waals surface area contributed by atoms with Crippen molar-refractivity contribution >= 4 is 11.6 Å². The molecule has 0 atom stereocenters. The summed E-state index contributed by atoms with van der Waals surface area (Å²) in [6.45, 7) is 7.77. The second-order valence-corrected chi connectivity index (χ2v) is 4.40. The van der Waals surface area contributed by atoms with Gasteiger partial charge in [-0.2, -0.15) is 0 Å². The minimum Gasteiger partial charge on any atom is -0.311 e. The first-order valence-corrected chi connectivity index (χ1v) is 5.83. The summed E-state index contributed by atoms with van der Waals surface area (Å²) in [6, 6.07) is 1.95. The number of anilines is 2. The van der Waals surface area contributed by atoms with Crippen LogP contribution in [0, 0.1) is 27.7 Å². The molecule has 0 aliphatic heterocycles. The van der Waals surface area contributed by atoms with Gasteiger partial charge in [-0.25, -0.2) is 19.9 Å². The van der Waals surface area contributed by atoms with Gasteiger partial charge in [0.2, 0.25) is 5.95 Å². The maximum Gasteiger partial charge on any atom is 0.230 e. The number of aryl methyl sites for hydroxylation is 4. The van der Waals surface area contributed by atoms with E-state index in [1.54, 1.807) is 6.20 Å². The van der Waals surface area contributed by atoms with Crippen LogP contribution in [0.15, 0.2) is 12.3 Å². The van der Waals surface area contributed by atoms with Crippen molar-refractivity contribution < 1.29 is 0 Å². The van der Waals surface area contributed by atoms with Crippen LogP contribution in [0.5, 0.6) is 0 Å². The number of hydrogen-bond acceptors (Lipinski definition) is 5. The predicted octanol–water partition coefficient (Wildman–Crippen LogP) is 2.27. The molecule has 0 bridgehead atoms.